The lowest BCUT2D eigenvalue weighted by atomic mass is 9.82. The Morgan fingerprint density at radius 1 is 1.06 bits per heavy atom. The lowest BCUT2D eigenvalue weighted by molar-refractivity contribution is -0.143. The highest BCUT2D eigenvalue weighted by molar-refractivity contribution is 6.50. The highest BCUT2D eigenvalue weighted by atomic mass is 16.6. The number of benzene rings is 2. The number of hydrogen-bond donors (Lipinski definition) is 1. The minimum Gasteiger partial charge on any atom is -0.507 e. The van der Waals surface area contributed by atoms with Crippen molar-refractivity contribution in [3.05, 3.63) is 59.2 Å². The number of ketones is 1. The van der Waals surface area contributed by atoms with Gasteiger partial charge in [-0.25, -0.2) is 0 Å². The van der Waals surface area contributed by atoms with Gasteiger partial charge < -0.3 is 29.3 Å². The van der Waals surface area contributed by atoms with Crippen LogP contribution in [0.2, 0.25) is 0 Å². The minimum absolute atomic E-state index is 0.175. The van der Waals surface area contributed by atoms with Crippen molar-refractivity contribution in [2.24, 2.45) is 0 Å². The van der Waals surface area contributed by atoms with Crippen LogP contribution in [-0.2, 0) is 19.9 Å². The number of carbonyl (C=O) groups is 3. The van der Waals surface area contributed by atoms with Gasteiger partial charge in [-0.1, -0.05) is 18.2 Å². The second-order valence-corrected chi connectivity index (χ2v) is 9.12. The molecule has 0 unspecified atom stereocenters. The Bertz CT molecular complexity index is 1270. The van der Waals surface area contributed by atoms with E-state index < -0.39 is 28.9 Å². The van der Waals surface area contributed by atoms with Crippen molar-refractivity contribution in [3.63, 3.8) is 0 Å². The van der Waals surface area contributed by atoms with E-state index in [4.69, 9.17) is 9.47 Å². The summed E-state index contributed by atoms with van der Waals surface area (Å²) < 4.78 is 11.2. The number of Topliss-reactive ketones (excluding diaryl/α,β-unsaturated/α-hetero) is 1. The molecule has 9 nitrogen and oxygen atoms in total. The zero-order chi connectivity index (χ0) is 24.9. The maximum absolute atomic E-state index is 13.9. The van der Waals surface area contributed by atoms with Crippen LogP contribution in [0.4, 0.5) is 5.69 Å². The Morgan fingerprint density at radius 2 is 1.77 bits per heavy atom. The molecule has 1 saturated heterocycles. The van der Waals surface area contributed by atoms with Gasteiger partial charge in [-0.2, -0.15) is 0 Å². The van der Waals surface area contributed by atoms with Gasteiger partial charge in [-0.15, -0.1) is 0 Å². The first kappa shape index (κ1) is 22.9. The molecule has 1 fully saturated rings. The summed E-state index contributed by atoms with van der Waals surface area (Å²) in [4.78, 5) is 45.6. The largest absolute Gasteiger partial charge is 0.507 e. The topological polar surface area (TPSA) is 99.6 Å². The third-order valence-electron chi connectivity index (χ3n) is 6.74. The summed E-state index contributed by atoms with van der Waals surface area (Å²) in [6.07, 6.45) is 0.547. The molecule has 0 aliphatic carbocycles. The van der Waals surface area contributed by atoms with Crippen molar-refractivity contribution >= 4 is 29.0 Å². The maximum Gasteiger partial charge on any atom is 0.296 e. The van der Waals surface area contributed by atoms with Gasteiger partial charge in [0.25, 0.3) is 17.6 Å². The number of likely N-dealkylation sites (tertiary alicyclic amines) is 1. The molecule has 182 valence electrons. The van der Waals surface area contributed by atoms with E-state index in [-0.39, 0.29) is 17.7 Å². The number of aliphatic hydroxyl groups is 1. The van der Waals surface area contributed by atoms with E-state index in [1.807, 2.05) is 19.0 Å². The molecule has 0 radical (unpaired) electrons. The molecule has 0 bridgehead atoms. The Kier molecular flexibility index (Phi) is 5.52. The van der Waals surface area contributed by atoms with E-state index in [1.165, 1.54) is 9.80 Å². The summed E-state index contributed by atoms with van der Waals surface area (Å²) in [6, 6.07) is 11.8. The van der Waals surface area contributed by atoms with Crippen molar-refractivity contribution in [1.29, 1.82) is 0 Å². The van der Waals surface area contributed by atoms with Gasteiger partial charge in [-0.05, 0) is 51.3 Å². The van der Waals surface area contributed by atoms with Crippen LogP contribution >= 0.6 is 0 Å². The van der Waals surface area contributed by atoms with Crippen LogP contribution in [0, 0.1) is 0 Å². The zero-order valence-electron chi connectivity index (χ0n) is 19.9. The molecule has 2 aromatic rings. The highest BCUT2D eigenvalue weighted by Gasteiger charge is 2.66. The Morgan fingerprint density at radius 3 is 2.51 bits per heavy atom. The van der Waals surface area contributed by atoms with Gasteiger partial charge in [0.2, 0.25) is 0 Å². The molecular weight excluding hydrogens is 450 g/mol. The fourth-order valence-corrected chi connectivity index (χ4v) is 5.15. The second-order valence-electron chi connectivity index (χ2n) is 9.12. The predicted molar refractivity (Wildman–Crippen MR) is 128 cm³/mol. The Labute approximate surface area is 203 Å². The van der Waals surface area contributed by atoms with Crippen LogP contribution < -0.4 is 14.4 Å². The molecular formula is C26H27N3O6. The van der Waals surface area contributed by atoms with Crippen LogP contribution in [0.1, 0.15) is 17.5 Å². The average Bonchev–Trinajstić information content (AvgIpc) is 3.22. The van der Waals surface area contributed by atoms with Crippen molar-refractivity contribution in [3.8, 4) is 11.5 Å². The molecule has 0 aromatic heterocycles. The van der Waals surface area contributed by atoms with E-state index in [2.05, 4.69) is 0 Å². The molecule has 3 aliphatic rings. The van der Waals surface area contributed by atoms with E-state index in [1.54, 1.807) is 49.5 Å². The molecule has 1 atom stereocenters. The first-order valence-corrected chi connectivity index (χ1v) is 11.5. The molecule has 0 saturated carbocycles. The lowest BCUT2D eigenvalue weighted by Gasteiger charge is -2.34. The summed E-state index contributed by atoms with van der Waals surface area (Å²) in [5, 5.41) is 11.5. The van der Waals surface area contributed by atoms with Crippen LogP contribution in [0.5, 0.6) is 11.5 Å². The molecule has 35 heavy (non-hydrogen) atoms. The van der Waals surface area contributed by atoms with Crippen molar-refractivity contribution in [2.45, 2.75) is 12.0 Å². The standard InChI is InChI=1S/C26H27N3O6/c1-27(2)11-6-12-29-24(32)23(31)21(22(30)16-9-10-19-20(15-16)35-14-13-34-19)26(29)17-7-4-5-8-18(17)28(3)25(26)33/h4-5,7-10,15,30H,6,11-14H2,1-3H3/b22-21-/t26-/m1/s1. The molecule has 2 aromatic carbocycles. The Hall–Kier alpha value is -3.85. The van der Waals surface area contributed by atoms with Gasteiger partial charge in [0, 0.05) is 30.4 Å². The number of carbonyl (C=O) groups excluding carboxylic acids is 3. The number of amides is 2. The summed E-state index contributed by atoms with van der Waals surface area (Å²) in [6.45, 7) is 1.60. The summed E-state index contributed by atoms with van der Waals surface area (Å²) in [7, 11) is 5.44. The first-order valence-electron chi connectivity index (χ1n) is 11.5. The molecule has 3 aliphatic heterocycles. The summed E-state index contributed by atoms with van der Waals surface area (Å²) >= 11 is 0. The van der Waals surface area contributed by atoms with Crippen molar-refractivity contribution in [2.75, 3.05) is 52.3 Å². The summed E-state index contributed by atoms with van der Waals surface area (Å²) in [5.41, 5.74) is -0.630. The van der Waals surface area contributed by atoms with E-state index >= 15 is 0 Å². The van der Waals surface area contributed by atoms with E-state index in [0.717, 1.165) is 0 Å². The number of likely N-dealkylation sites (N-methyl/N-ethyl adjacent to an activating group) is 1. The Balaban J connectivity index is 1.73. The quantitative estimate of drug-likeness (QED) is 0.399. The number of para-hydroxylation sites is 1. The van der Waals surface area contributed by atoms with Crippen molar-refractivity contribution < 1.29 is 29.0 Å². The normalized spacial score (nSPS) is 22.5. The molecule has 3 heterocycles. The zero-order valence-corrected chi connectivity index (χ0v) is 19.9. The van der Waals surface area contributed by atoms with Gasteiger partial charge in [0.1, 0.15) is 19.0 Å². The van der Waals surface area contributed by atoms with Crippen LogP contribution in [0.15, 0.2) is 48.0 Å². The van der Waals surface area contributed by atoms with Gasteiger partial charge >= 0.3 is 0 Å². The van der Waals surface area contributed by atoms with Crippen LogP contribution in [0.25, 0.3) is 5.76 Å². The highest BCUT2D eigenvalue weighted by Crippen LogP contribution is 2.53. The molecule has 5 rings (SSSR count). The number of fused-ring (bicyclic) bond motifs is 3. The van der Waals surface area contributed by atoms with Gasteiger partial charge in [0.05, 0.1) is 5.57 Å². The summed E-state index contributed by atoms with van der Waals surface area (Å²) in [5.74, 6) is -1.63. The van der Waals surface area contributed by atoms with E-state index in [9.17, 15) is 19.5 Å². The predicted octanol–water partition coefficient (Wildman–Crippen LogP) is 1.96. The molecule has 1 spiro atoms. The van der Waals surface area contributed by atoms with E-state index in [0.29, 0.717) is 48.9 Å². The smallest absolute Gasteiger partial charge is 0.296 e. The average molecular weight is 478 g/mol. The fraction of sp³-hybridized carbons (Fsp3) is 0.346. The number of ether oxygens (including phenoxy) is 2. The third-order valence-corrected chi connectivity index (χ3v) is 6.74. The molecule has 9 heteroatoms. The second kappa shape index (κ2) is 8.42. The minimum atomic E-state index is -1.75. The van der Waals surface area contributed by atoms with Gasteiger partial charge in [0.15, 0.2) is 17.0 Å². The maximum atomic E-state index is 13.9. The van der Waals surface area contributed by atoms with Gasteiger partial charge in [-0.3, -0.25) is 14.4 Å². The third kappa shape index (κ3) is 3.30. The first-order chi connectivity index (χ1) is 16.8. The number of nitrogens with zero attached hydrogens (tertiary/aromatic N) is 3. The monoisotopic (exact) mass is 477 g/mol. The molecule has 2 amide bonds. The number of hydrogen-bond acceptors (Lipinski definition) is 7. The van der Waals surface area contributed by atoms with Crippen LogP contribution in [0.3, 0.4) is 0 Å². The SMILES string of the molecule is CN(C)CCCN1C(=O)C(=O)/C(=C(/O)c2ccc3c(c2)OCCO3)[C@]12C(=O)N(C)c1ccccc12. The lowest BCUT2D eigenvalue weighted by Crippen LogP contribution is -2.51. The van der Waals surface area contributed by atoms with Crippen molar-refractivity contribution in [1.82, 2.24) is 9.80 Å². The molecule has 1 N–H and O–H groups in total. The fourth-order valence-electron chi connectivity index (χ4n) is 5.15. The number of anilines is 1. The number of rotatable bonds is 5. The number of aliphatic hydroxyl groups excluding tert-OH is 1. The van der Waals surface area contributed by atoms with Crippen LogP contribution in [-0.4, -0.2) is 80.0 Å².